The van der Waals surface area contributed by atoms with Gasteiger partial charge in [-0.2, -0.15) is 0 Å². The second-order valence-corrected chi connectivity index (χ2v) is 8.76. The minimum Gasteiger partial charge on any atom is -0.496 e. The van der Waals surface area contributed by atoms with E-state index in [1.54, 1.807) is 7.11 Å². The van der Waals surface area contributed by atoms with Crippen molar-refractivity contribution in [2.75, 3.05) is 7.11 Å². The molecule has 0 saturated carbocycles. The van der Waals surface area contributed by atoms with Crippen LogP contribution in [0.25, 0.3) is 0 Å². The van der Waals surface area contributed by atoms with Crippen LogP contribution in [0.3, 0.4) is 0 Å². The van der Waals surface area contributed by atoms with Gasteiger partial charge in [0.05, 0.1) is 7.11 Å². The molecule has 0 unspecified atom stereocenters. The van der Waals surface area contributed by atoms with Crippen molar-refractivity contribution in [1.82, 2.24) is 0 Å². The number of methoxy groups -OCH3 is 1. The number of aliphatic hydroxyl groups is 1. The molecule has 1 aliphatic heterocycles. The molecular weight excluding hydrogens is 370 g/mol. The van der Waals surface area contributed by atoms with Crippen LogP contribution in [0.5, 0.6) is 5.75 Å². The van der Waals surface area contributed by atoms with E-state index in [0.29, 0.717) is 6.42 Å². The fraction of sp³-hybridized carbons (Fsp3) is 0.333. The van der Waals surface area contributed by atoms with Gasteiger partial charge in [0.2, 0.25) is 0 Å². The molecule has 0 radical (unpaired) electrons. The van der Waals surface area contributed by atoms with Gasteiger partial charge in [-0.15, -0.1) is 0 Å². The third-order valence-electron chi connectivity index (χ3n) is 6.80. The zero-order valence-corrected chi connectivity index (χ0v) is 18.3. The number of quaternary nitrogens is 1. The van der Waals surface area contributed by atoms with Crippen LogP contribution in [0.4, 0.5) is 0 Å². The summed E-state index contributed by atoms with van der Waals surface area (Å²) in [4.78, 5) is 0. The number of para-hydroxylation sites is 1. The topological polar surface area (TPSA) is 46.1 Å². The van der Waals surface area contributed by atoms with E-state index in [9.17, 15) is 5.11 Å². The lowest BCUT2D eigenvalue weighted by Crippen LogP contribution is -2.91. The molecule has 1 fully saturated rings. The Morgan fingerprint density at radius 1 is 0.867 bits per heavy atom. The fourth-order valence-electron chi connectivity index (χ4n) is 4.89. The maximum Gasteiger partial charge on any atom is 0.124 e. The van der Waals surface area contributed by atoms with E-state index in [-0.39, 0.29) is 18.0 Å². The number of nitrogens with two attached hydrogens (primary N) is 1. The average Bonchev–Trinajstić information content (AvgIpc) is 2.77. The SMILES string of the molecule is COc1ccccc1[C@]1(O)C[C@H](c2ccc(C)cc2)[NH2+][C@@H](c2ccc(C)cc2)[C@H]1C. The first-order chi connectivity index (χ1) is 14.4. The van der Waals surface area contributed by atoms with Crippen LogP contribution in [-0.2, 0) is 5.60 Å². The number of benzene rings is 3. The molecule has 0 bridgehead atoms. The van der Waals surface area contributed by atoms with Crippen molar-refractivity contribution in [2.45, 2.75) is 44.9 Å². The average molecular weight is 403 g/mol. The Morgan fingerprint density at radius 2 is 1.43 bits per heavy atom. The lowest BCUT2D eigenvalue weighted by atomic mass is 9.68. The molecule has 1 heterocycles. The van der Waals surface area contributed by atoms with Crippen LogP contribution < -0.4 is 10.1 Å². The van der Waals surface area contributed by atoms with E-state index in [4.69, 9.17) is 4.74 Å². The molecule has 0 aromatic heterocycles. The van der Waals surface area contributed by atoms with Crippen LogP contribution in [0.1, 0.15) is 53.2 Å². The molecule has 0 amide bonds. The Balaban J connectivity index is 1.81. The Kier molecular flexibility index (Phi) is 5.68. The van der Waals surface area contributed by atoms with Gasteiger partial charge >= 0.3 is 0 Å². The summed E-state index contributed by atoms with van der Waals surface area (Å²) in [6.45, 7) is 6.38. The first-order valence-electron chi connectivity index (χ1n) is 10.8. The number of hydrogen-bond acceptors (Lipinski definition) is 2. The summed E-state index contributed by atoms with van der Waals surface area (Å²) in [6.07, 6.45) is 0.639. The smallest absolute Gasteiger partial charge is 0.124 e. The molecular formula is C27H32NO2+. The van der Waals surface area contributed by atoms with Crippen LogP contribution in [0, 0.1) is 19.8 Å². The van der Waals surface area contributed by atoms with Gasteiger partial charge < -0.3 is 15.2 Å². The number of aryl methyl sites for hydroxylation is 2. The zero-order chi connectivity index (χ0) is 21.3. The van der Waals surface area contributed by atoms with Crippen molar-refractivity contribution in [2.24, 2.45) is 5.92 Å². The molecule has 3 nitrogen and oxygen atoms in total. The summed E-state index contributed by atoms with van der Waals surface area (Å²) in [5.41, 5.74) is 4.88. The van der Waals surface area contributed by atoms with Gasteiger partial charge in [0.25, 0.3) is 0 Å². The predicted octanol–water partition coefficient (Wildman–Crippen LogP) is 4.59. The van der Waals surface area contributed by atoms with E-state index in [0.717, 1.165) is 11.3 Å². The Hall–Kier alpha value is -2.62. The second-order valence-electron chi connectivity index (χ2n) is 8.76. The lowest BCUT2D eigenvalue weighted by molar-refractivity contribution is -0.757. The molecule has 1 saturated heterocycles. The van der Waals surface area contributed by atoms with Crippen LogP contribution >= 0.6 is 0 Å². The third kappa shape index (κ3) is 3.76. The standard InChI is InChI=1S/C27H31NO2/c1-18-9-13-21(14-10-18)24-17-27(29,23-7-5-6-8-25(23)30-4)20(3)26(28-24)22-15-11-19(2)12-16-22/h5-16,20,24,26,28-29H,17H2,1-4H3/p+1/t20-,24-,26-,27+/m1/s1. The molecule has 156 valence electrons. The molecule has 3 aromatic rings. The summed E-state index contributed by atoms with van der Waals surface area (Å²) in [5, 5.41) is 14.6. The highest BCUT2D eigenvalue weighted by molar-refractivity contribution is 5.40. The van der Waals surface area contributed by atoms with Crippen LogP contribution in [0.15, 0.2) is 72.8 Å². The Morgan fingerprint density at radius 3 is 2.03 bits per heavy atom. The van der Waals surface area contributed by atoms with Gasteiger partial charge in [0, 0.05) is 29.0 Å². The van der Waals surface area contributed by atoms with Crippen molar-refractivity contribution in [1.29, 1.82) is 0 Å². The zero-order valence-electron chi connectivity index (χ0n) is 18.3. The highest BCUT2D eigenvalue weighted by Crippen LogP contribution is 2.47. The van der Waals surface area contributed by atoms with Crippen molar-refractivity contribution < 1.29 is 15.2 Å². The first kappa shape index (κ1) is 20.6. The van der Waals surface area contributed by atoms with Crippen LogP contribution in [-0.4, -0.2) is 12.2 Å². The van der Waals surface area contributed by atoms with E-state index < -0.39 is 5.60 Å². The van der Waals surface area contributed by atoms with Gasteiger partial charge in [-0.25, -0.2) is 0 Å². The first-order valence-corrected chi connectivity index (χ1v) is 10.8. The normalized spacial score (nSPS) is 26.4. The molecule has 3 N–H and O–H groups in total. The highest BCUT2D eigenvalue weighted by Gasteiger charge is 2.51. The molecule has 4 atom stereocenters. The minimum atomic E-state index is -0.994. The van der Waals surface area contributed by atoms with Gasteiger partial charge in [0.1, 0.15) is 23.4 Å². The maximum atomic E-state index is 12.2. The highest BCUT2D eigenvalue weighted by atomic mass is 16.5. The molecule has 3 aromatic carbocycles. The van der Waals surface area contributed by atoms with Gasteiger partial charge in [-0.3, -0.25) is 0 Å². The molecule has 0 spiro atoms. The minimum absolute atomic E-state index is 0.0122. The van der Waals surface area contributed by atoms with E-state index in [2.05, 4.69) is 74.6 Å². The van der Waals surface area contributed by atoms with Gasteiger partial charge in [-0.1, -0.05) is 84.8 Å². The monoisotopic (exact) mass is 402 g/mol. The number of rotatable bonds is 4. The van der Waals surface area contributed by atoms with E-state index in [1.807, 2.05) is 24.3 Å². The molecule has 4 rings (SSSR count). The van der Waals surface area contributed by atoms with E-state index in [1.165, 1.54) is 22.3 Å². The number of piperidine rings is 1. The summed E-state index contributed by atoms with van der Waals surface area (Å²) >= 11 is 0. The van der Waals surface area contributed by atoms with Crippen molar-refractivity contribution >= 4 is 0 Å². The van der Waals surface area contributed by atoms with Gasteiger partial charge in [-0.05, 0) is 19.9 Å². The van der Waals surface area contributed by atoms with Crippen molar-refractivity contribution in [3.63, 3.8) is 0 Å². The summed E-state index contributed by atoms with van der Waals surface area (Å²) < 4.78 is 5.66. The molecule has 0 aliphatic carbocycles. The Labute approximate surface area is 179 Å². The van der Waals surface area contributed by atoms with Gasteiger partial charge in [0.15, 0.2) is 0 Å². The lowest BCUT2D eigenvalue weighted by Gasteiger charge is -2.45. The number of hydrogen-bond donors (Lipinski definition) is 2. The summed E-state index contributed by atoms with van der Waals surface area (Å²) in [5.74, 6) is 0.761. The summed E-state index contributed by atoms with van der Waals surface area (Å²) in [6, 6.07) is 25.6. The number of ether oxygens (including phenoxy) is 1. The molecule has 30 heavy (non-hydrogen) atoms. The predicted molar refractivity (Wildman–Crippen MR) is 120 cm³/mol. The van der Waals surface area contributed by atoms with Crippen molar-refractivity contribution in [3.05, 3.63) is 101 Å². The van der Waals surface area contributed by atoms with Crippen LogP contribution in [0.2, 0.25) is 0 Å². The molecule has 3 heteroatoms. The van der Waals surface area contributed by atoms with E-state index >= 15 is 0 Å². The third-order valence-corrected chi connectivity index (χ3v) is 6.80. The molecule has 1 aliphatic rings. The maximum absolute atomic E-state index is 12.2. The Bertz CT molecular complexity index is 996. The quantitative estimate of drug-likeness (QED) is 0.671. The summed E-state index contributed by atoms with van der Waals surface area (Å²) in [7, 11) is 1.68. The second kappa shape index (κ2) is 8.25. The fourth-order valence-corrected chi connectivity index (χ4v) is 4.89. The largest absolute Gasteiger partial charge is 0.496 e. The van der Waals surface area contributed by atoms with Crippen molar-refractivity contribution in [3.8, 4) is 5.75 Å².